The van der Waals surface area contributed by atoms with Crippen molar-refractivity contribution in [2.45, 2.75) is 18.7 Å². The molecule has 0 spiro atoms. The number of rotatable bonds is 6. The standard InChI is InChI=1S/C21H19BrClN3OS/c1-14-19(21(22)15(2)26(14)17-6-4-3-5-7-17)12-24-25-20(27)13-28-18-10-8-16(23)9-11-18/h3-12H,13H2,1-2H3,(H,25,27)/b24-12-. The van der Waals surface area contributed by atoms with E-state index in [1.165, 1.54) is 11.8 Å². The van der Waals surface area contributed by atoms with E-state index in [1.807, 2.05) is 44.2 Å². The van der Waals surface area contributed by atoms with Gasteiger partial charge in [-0.15, -0.1) is 11.8 Å². The number of nitrogens with zero attached hydrogens (tertiary/aromatic N) is 2. The minimum Gasteiger partial charge on any atom is -0.317 e. The molecule has 3 rings (SSSR count). The molecule has 1 N–H and O–H groups in total. The zero-order chi connectivity index (χ0) is 20.1. The van der Waals surface area contributed by atoms with Crippen LogP contribution in [0.5, 0.6) is 0 Å². The number of thioether (sulfide) groups is 1. The summed E-state index contributed by atoms with van der Waals surface area (Å²) < 4.78 is 3.12. The molecule has 3 aromatic rings. The van der Waals surface area contributed by atoms with Crippen LogP contribution in [-0.4, -0.2) is 22.4 Å². The Morgan fingerprint density at radius 1 is 1.14 bits per heavy atom. The van der Waals surface area contributed by atoms with E-state index in [-0.39, 0.29) is 11.7 Å². The first-order chi connectivity index (χ1) is 13.5. The van der Waals surface area contributed by atoms with Gasteiger partial charge in [-0.05, 0) is 66.2 Å². The van der Waals surface area contributed by atoms with Crippen LogP contribution >= 0.6 is 39.3 Å². The lowest BCUT2D eigenvalue weighted by molar-refractivity contribution is -0.118. The van der Waals surface area contributed by atoms with E-state index in [9.17, 15) is 4.79 Å². The highest BCUT2D eigenvalue weighted by atomic mass is 79.9. The fourth-order valence-corrected chi connectivity index (χ4v) is 4.20. The van der Waals surface area contributed by atoms with Gasteiger partial charge < -0.3 is 4.57 Å². The Labute approximate surface area is 182 Å². The molecule has 1 heterocycles. The molecule has 0 aliphatic heterocycles. The summed E-state index contributed by atoms with van der Waals surface area (Å²) in [6.07, 6.45) is 1.68. The number of carbonyl (C=O) groups is 1. The number of aromatic nitrogens is 1. The lowest BCUT2D eigenvalue weighted by Crippen LogP contribution is -2.19. The van der Waals surface area contributed by atoms with E-state index < -0.39 is 0 Å². The van der Waals surface area contributed by atoms with Crippen molar-refractivity contribution in [3.05, 3.63) is 81.0 Å². The molecular weight excluding hydrogens is 458 g/mol. The van der Waals surface area contributed by atoms with Gasteiger partial charge in [-0.1, -0.05) is 29.8 Å². The van der Waals surface area contributed by atoms with E-state index in [1.54, 1.807) is 18.3 Å². The van der Waals surface area contributed by atoms with E-state index in [2.05, 4.69) is 43.2 Å². The van der Waals surface area contributed by atoms with Crippen molar-refractivity contribution in [1.82, 2.24) is 9.99 Å². The van der Waals surface area contributed by atoms with E-state index in [0.717, 1.165) is 32.0 Å². The van der Waals surface area contributed by atoms with Gasteiger partial charge in [0.15, 0.2) is 0 Å². The van der Waals surface area contributed by atoms with Crippen molar-refractivity contribution in [3.63, 3.8) is 0 Å². The maximum absolute atomic E-state index is 12.0. The summed E-state index contributed by atoms with van der Waals surface area (Å²) in [6.45, 7) is 4.08. The molecule has 0 bridgehead atoms. The molecule has 0 unspecified atom stereocenters. The van der Waals surface area contributed by atoms with E-state index >= 15 is 0 Å². The Morgan fingerprint density at radius 2 is 1.82 bits per heavy atom. The quantitative estimate of drug-likeness (QED) is 0.280. The smallest absolute Gasteiger partial charge is 0.250 e. The van der Waals surface area contributed by atoms with Crippen molar-refractivity contribution in [2.75, 3.05) is 5.75 Å². The van der Waals surface area contributed by atoms with Crippen LogP contribution in [0.15, 0.2) is 69.1 Å². The van der Waals surface area contributed by atoms with Gasteiger partial charge in [0.1, 0.15) is 0 Å². The molecule has 0 saturated heterocycles. The summed E-state index contributed by atoms with van der Waals surface area (Å²) in [6, 6.07) is 17.5. The molecule has 1 amide bonds. The third-order valence-corrected chi connectivity index (χ3v) is 6.46. The zero-order valence-electron chi connectivity index (χ0n) is 15.4. The summed E-state index contributed by atoms with van der Waals surface area (Å²) in [5.74, 6) is 0.118. The van der Waals surface area contributed by atoms with Gasteiger partial charge in [0.2, 0.25) is 5.91 Å². The first-order valence-electron chi connectivity index (χ1n) is 8.60. The number of para-hydroxylation sites is 1. The largest absolute Gasteiger partial charge is 0.317 e. The van der Waals surface area contributed by atoms with Gasteiger partial charge in [-0.2, -0.15) is 5.10 Å². The van der Waals surface area contributed by atoms with Crippen LogP contribution in [0.2, 0.25) is 5.02 Å². The van der Waals surface area contributed by atoms with Crippen LogP contribution in [0.25, 0.3) is 5.69 Å². The number of hydrazone groups is 1. The predicted molar refractivity (Wildman–Crippen MR) is 121 cm³/mol. The van der Waals surface area contributed by atoms with Crippen molar-refractivity contribution < 1.29 is 4.79 Å². The van der Waals surface area contributed by atoms with Crippen molar-refractivity contribution in [3.8, 4) is 5.69 Å². The Hall–Kier alpha value is -2.02. The number of hydrogen-bond donors (Lipinski definition) is 1. The highest BCUT2D eigenvalue weighted by Crippen LogP contribution is 2.29. The molecule has 1 aromatic heterocycles. The van der Waals surface area contributed by atoms with Crippen LogP contribution < -0.4 is 5.43 Å². The highest BCUT2D eigenvalue weighted by Gasteiger charge is 2.15. The number of hydrogen-bond acceptors (Lipinski definition) is 3. The van der Waals surface area contributed by atoms with E-state index in [4.69, 9.17) is 11.6 Å². The second kappa shape index (κ2) is 9.45. The lowest BCUT2D eigenvalue weighted by atomic mass is 10.2. The molecule has 2 aromatic carbocycles. The third-order valence-electron chi connectivity index (χ3n) is 4.20. The Bertz CT molecular complexity index is 1000. The fraction of sp³-hybridized carbons (Fsp3) is 0.143. The van der Waals surface area contributed by atoms with Gasteiger partial charge in [0, 0.05) is 37.0 Å². The monoisotopic (exact) mass is 475 g/mol. The van der Waals surface area contributed by atoms with Crippen LogP contribution in [0.4, 0.5) is 0 Å². The highest BCUT2D eigenvalue weighted by molar-refractivity contribution is 9.10. The maximum atomic E-state index is 12.0. The molecule has 0 radical (unpaired) electrons. The van der Waals surface area contributed by atoms with E-state index in [0.29, 0.717) is 5.02 Å². The van der Waals surface area contributed by atoms with Crippen molar-refractivity contribution >= 4 is 51.4 Å². The molecule has 0 fully saturated rings. The zero-order valence-corrected chi connectivity index (χ0v) is 18.6. The minimum atomic E-state index is -0.163. The topological polar surface area (TPSA) is 46.4 Å². The van der Waals surface area contributed by atoms with Gasteiger partial charge in [0.05, 0.1) is 12.0 Å². The molecule has 144 valence electrons. The number of benzene rings is 2. The first kappa shape index (κ1) is 20.7. The summed E-state index contributed by atoms with van der Waals surface area (Å²) >= 11 is 10.9. The van der Waals surface area contributed by atoms with Gasteiger partial charge in [-0.3, -0.25) is 4.79 Å². The van der Waals surface area contributed by atoms with Crippen LogP contribution in [-0.2, 0) is 4.79 Å². The lowest BCUT2D eigenvalue weighted by Gasteiger charge is -2.08. The number of halogens is 2. The SMILES string of the molecule is Cc1c(Br)c(/C=N\NC(=O)CSc2ccc(Cl)cc2)c(C)n1-c1ccccc1. The van der Waals surface area contributed by atoms with Crippen LogP contribution in [0.1, 0.15) is 17.0 Å². The van der Waals surface area contributed by atoms with Gasteiger partial charge in [-0.25, -0.2) is 5.43 Å². The average molecular weight is 477 g/mol. The molecule has 0 saturated carbocycles. The Morgan fingerprint density at radius 3 is 2.50 bits per heavy atom. The van der Waals surface area contributed by atoms with Crippen molar-refractivity contribution in [1.29, 1.82) is 0 Å². The van der Waals surface area contributed by atoms with Gasteiger partial charge >= 0.3 is 0 Å². The summed E-state index contributed by atoms with van der Waals surface area (Å²) in [4.78, 5) is 13.0. The second-order valence-corrected chi connectivity index (χ2v) is 8.38. The van der Waals surface area contributed by atoms with Crippen LogP contribution in [0, 0.1) is 13.8 Å². The van der Waals surface area contributed by atoms with Crippen LogP contribution in [0.3, 0.4) is 0 Å². The normalized spacial score (nSPS) is 11.1. The summed E-state index contributed by atoms with van der Waals surface area (Å²) in [5.41, 5.74) is 6.73. The predicted octanol–water partition coefficient (Wildman–Crippen LogP) is 5.75. The molecule has 28 heavy (non-hydrogen) atoms. The molecule has 4 nitrogen and oxygen atoms in total. The summed E-state index contributed by atoms with van der Waals surface area (Å²) in [7, 11) is 0. The first-order valence-corrected chi connectivity index (χ1v) is 10.8. The number of amides is 1. The molecule has 0 atom stereocenters. The van der Waals surface area contributed by atoms with Crippen molar-refractivity contribution in [2.24, 2.45) is 5.10 Å². The maximum Gasteiger partial charge on any atom is 0.250 e. The Balaban J connectivity index is 1.66. The second-order valence-electron chi connectivity index (χ2n) is 6.11. The molecular formula is C21H19BrClN3OS. The molecule has 7 heteroatoms. The third kappa shape index (κ3) is 4.87. The number of nitrogens with one attached hydrogen (secondary N) is 1. The average Bonchev–Trinajstić information content (AvgIpc) is 2.91. The molecule has 0 aliphatic rings. The summed E-state index contributed by atoms with van der Waals surface area (Å²) in [5, 5.41) is 4.81. The number of carbonyl (C=O) groups excluding carboxylic acids is 1. The fourth-order valence-electron chi connectivity index (χ4n) is 2.82. The molecule has 0 aliphatic carbocycles. The van der Waals surface area contributed by atoms with Gasteiger partial charge in [0.25, 0.3) is 0 Å². The minimum absolute atomic E-state index is 0.163. The Kier molecular flexibility index (Phi) is 6.99.